The molecular formula is C17H27N5O4S2. The number of rotatable bonds is 8. The molecule has 1 aliphatic heterocycles. The Bertz CT molecular complexity index is 833. The van der Waals surface area contributed by atoms with Gasteiger partial charge in [-0.15, -0.1) is 10.2 Å². The van der Waals surface area contributed by atoms with E-state index in [4.69, 9.17) is 5.73 Å². The Kier molecular flexibility index (Phi) is 6.64. The summed E-state index contributed by atoms with van der Waals surface area (Å²) < 4.78 is 25.6. The smallest absolute Gasteiger partial charge is 0.233 e. The molecule has 0 radical (unpaired) electrons. The lowest BCUT2D eigenvalue weighted by Gasteiger charge is -2.34. The van der Waals surface area contributed by atoms with E-state index >= 15 is 0 Å². The number of aryl methyl sites for hydroxylation is 1. The number of nitrogens with two attached hydrogens (primary N) is 1. The summed E-state index contributed by atoms with van der Waals surface area (Å²) >= 11 is 1.29. The summed E-state index contributed by atoms with van der Waals surface area (Å²) in [5.74, 6) is 0.624. The van der Waals surface area contributed by atoms with E-state index in [0.29, 0.717) is 23.8 Å². The molecule has 3 rings (SSSR count). The van der Waals surface area contributed by atoms with Crippen molar-refractivity contribution in [3.8, 4) is 0 Å². The molecule has 1 saturated heterocycles. The summed E-state index contributed by atoms with van der Waals surface area (Å²) in [6.45, 7) is 0. The first kappa shape index (κ1) is 21.1. The standard InChI is InChI=1S/C17H27N5O4S2/c1-21-15(7-6-14(18)23)19-20-17(21)27-10-16(24)22(12-4-2-3-5-12)13-8-9-28(25,26)11-13/h12-13H,2-11H2,1H3,(H2,18,23)/t13-/m1/s1. The number of carbonyl (C=O) groups excluding carboxylic acids is 2. The minimum atomic E-state index is -3.05. The van der Waals surface area contributed by atoms with Gasteiger partial charge >= 0.3 is 0 Å². The molecule has 2 N–H and O–H groups in total. The third-order valence-corrected chi connectivity index (χ3v) is 8.21. The highest BCUT2D eigenvalue weighted by Crippen LogP contribution is 2.30. The fraction of sp³-hybridized carbons (Fsp3) is 0.765. The van der Waals surface area contributed by atoms with Crippen molar-refractivity contribution in [2.24, 2.45) is 12.8 Å². The zero-order valence-electron chi connectivity index (χ0n) is 16.0. The highest BCUT2D eigenvalue weighted by molar-refractivity contribution is 7.99. The second-order valence-electron chi connectivity index (χ2n) is 7.51. The van der Waals surface area contributed by atoms with Crippen molar-refractivity contribution in [2.45, 2.75) is 62.2 Å². The molecule has 1 aliphatic carbocycles. The maximum atomic E-state index is 13.0. The topological polar surface area (TPSA) is 128 Å². The van der Waals surface area contributed by atoms with Crippen LogP contribution >= 0.6 is 11.8 Å². The molecule has 0 spiro atoms. The fourth-order valence-electron chi connectivity index (χ4n) is 4.01. The maximum absolute atomic E-state index is 13.0. The van der Waals surface area contributed by atoms with Gasteiger partial charge in [0.1, 0.15) is 5.82 Å². The first-order valence-corrected chi connectivity index (χ1v) is 12.4. The molecule has 2 heterocycles. The van der Waals surface area contributed by atoms with Gasteiger partial charge in [-0.25, -0.2) is 8.42 Å². The van der Waals surface area contributed by atoms with Gasteiger partial charge in [0.05, 0.1) is 17.3 Å². The van der Waals surface area contributed by atoms with E-state index < -0.39 is 15.7 Å². The lowest BCUT2D eigenvalue weighted by molar-refractivity contribution is -0.132. The minimum absolute atomic E-state index is 0.0410. The molecule has 0 bridgehead atoms. The van der Waals surface area contributed by atoms with E-state index in [1.165, 1.54) is 11.8 Å². The van der Waals surface area contributed by atoms with E-state index in [0.717, 1.165) is 25.7 Å². The van der Waals surface area contributed by atoms with Crippen LogP contribution in [0.25, 0.3) is 0 Å². The number of hydrogen-bond donors (Lipinski definition) is 1. The van der Waals surface area contributed by atoms with Crippen molar-refractivity contribution in [3.63, 3.8) is 0 Å². The molecule has 1 aromatic rings. The number of aromatic nitrogens is 3. The lowest BCUT2D eigenvalue weighted by atomic mass is 10.1. The van der Waals surface area contributed by atoms with Gasteiger partial charge in [-0.05, 0) is 19.3 Å². The van der Waals surface area contributed by atoms with Crippen molar-refractivity contribution in [2.75, 3.05) is 17.3 Å². The second-order valence-corrected chi connectivity index (χ2v) is 10.7. The molecule has 1 saturated carbocycles. The SMILES string of the molecule is Cn1c(CCC(N)=O)nnc1SCC(=O)N(C1CCCC1)[C@@H]1CCS(=O)(=O)C1. The zero-order valence-corrected chi connectivity index (χ0v) is 17.7. The van der Waals surface area contributed by atoms with Gasteiger partial charge < -0.3 is 15.2 Å². The number of primary amides is 1. The Morgan fingerprint density at radius 3 is 2.54 bits per heavy atom. The molecule has 2 amide bonds. The van der Waals surface area contributed by atoms with Crippen LogP contribution in [0.15, 0.2) is 5.16 Å². The molecule has 156 valence electrons. The number of carbonyl (C=O) groups is 2. The Morgan fingerprint density at radius 2 is 1.93 bits per heavy atom. The molecule has 11 heteroatoms. The van der Waals surface area contributed by atoms with Gasteiger partial charge in [-0.1, -0.05) is 24.6 Å². The molecular weight excluding hydrogens is 402 g/mol. The van der Waals surface area contributed by atoms with Crippen molar-refractivity contribution in [1.82, 2.24) is 19.7 Å². The first-order valence-electron chi connectivity index (χ1n) is 9.58. The van der Waals surface area contributed by atoms with Crippen LogP contribution in [0.2, 0.25) is 0 Å². The maximum Gasteiger partial charge on any atom is 0.233 e. The average Bonchev–Trinajstić information content (AvgIpc) is 3.34. The van der Waals surface area contributed by atoms with Crippen LogP contribution in [-0.4, -0.2) is 69.2 Å². The molecule has 2 aliphatic rings. The molecule has 1 aromatic heterocycles. The number of hydrogen-bond acceptors (Lipinski definition) is 7. The number of sulfone groups is 1. The molecule has 1 atom stereocenters. The highest BCUT2D eigenvalue weighted by atomic mass is 32.2. The van der Waals surface area contributed by atoms with Gasteiger partial charge in [0.25, 0.3) is 0 Å². The summed E-state index contributed by atoms with van der Waals surface area (Å²) in [5, 5.41) is 8.76. The van der Waals surface area contributed by atoms with E-state index in [2.05, 4.69) is 10.2 Å². The van der Waals surface area contributed by atoms with Crippen molar-refractivity contribution >= 4 is 33.4 Å². The van der Waals surface area contributed by atoms with Crippen LogP contribution < -0.4 is 5.73 Å². The quantitative estimate of drug-likeness (QED) is 0.588. The van der Waals surface area contributed by atoms with E-state index in [1.807, 2.05) is 4.90 Å². The van der Waals surface area contributed by atoms with Gasteiger partial charge in [0.15, 0.2) is 15.0 Å². The van der Waals surface area contributed by atoms with Gasteiger partial charge in [0.2, 0.25) is 11.8 Å². The summed E-state index contributed by atoms with van der Waals surface area (Å²) in [4.78, 5) is 25.8. The predicted molar refractivity (Wildman–Crippen MR) is 105 cm³/mol. The molecule has 0 aromatic carbocycles. The average molecular weight is 430 g/mol. The van der Waals surface area contributed by atoms with Crippen LogP contribution in [0.1, 0.15) is 44.3 Å². The number of nitrogens with zero attached hydrogens (tertiary/aromatic N) is 4. The minimum Gasteiger partial charge on any atom is -0.370 e. The molecule has 9 nitrogen and oxygen atoms in total. The van der Waals surface area contributed by atoms with Gasteiger partial charge in [-0.3, -0.25) is 9.59 Å². The normalized spacial score (nSPS) is 21.8. The van der Waals surface area contributed by atoms with Crippen molar-refractivity contribution in [1.29, 1.82) is 0 Å². The van der Waals surface area contributed by atoms with Crippen LogP contribution in [0.5, 0.6) is 0 Å². The van der Waals surface area contributed by atoms with E-state index in [1.54, 1.807) is 11.6 Å². The Labute approximate surface area is 169 Å². The summed E-state index contributed by atoms with van der Waals surface area (Å²) in [6.07, 6.45) is 5.16. The van der Waals surface area contributed by atoms with Crippen LogP contribution in [0.3, 0.4) is 0 Å². The number of amides is 2. The van der Waals surface area contributed by atoms with Crippen LogP contribution in [0, 0.1) is 0 Å². The molecule has 2 fully saturated rings. The number of thioether (sulfide) groups is 1. The summed E-state index contributed by atoms with van der Waals surface area (Å²) in [5.41, 5.74) is 5.17. The third kappa shape index (κ3) is 5.05. The van der Waals surface area contributed by atoms with Crippen molar-refractivity contribution < 1.29 is 18.0 Å². The van der Waals surface area contributed by atoms with Crippen molar-refractivity contribution in [3.05, 3.63) is 5.82 Å². The third-order valence-electron chi connectivity index (χ3n) is 5.45. The van der Waals surface area contributed by atoms with E-state index in [9.17, 15) is 18.0 Å². The van der Waals surface area contributed by atoms with Crippen LogP contribution in [0.4, 0.5) is 0 Å². The molecule has 0 unspecified atom stereocenters. The van der Waals surface area contributed by atoms with Gasteiger partial charge in [-0.2, -0.15) is 0 Å². The Hall–Kier alpha value is -1.62. The first-order chi connectivity index (χ1) is 13.3. The summed E-state index contributed by atoms with van der Waals surface area (Å²) in [6, 6.07) is -0.0798. The predicted octanol–water partition coefficient (Wildman–Crippen LogP) is 0.283. The zero-order chi connectivity index (χ0) is 20.3. The van der Waals surface area contributed by atoms with Crippen LogP contribution in [-0.2, 0) is 32.9 Å². The highest BCUT2D eigenvalue weighted by Gasteiger charge is 2.38. The Morgan fingerprint density at radius 1 is 1.21 bits per heavy atom. The monoisotopic (exact) mass is 429 g/mol. The van der Waals surface area contributed by atoms with Gasteiger partial charge in [0, 0.05) is 32.0 Å². The summed E-state index contributed by atoms with van der Waals surface area (Å²) in [7, 11) is -1.26. The fourth-order valence-corrected chi connectivity index (χ4v) is 6.52. The second kappa shape index (κ2) is 8.81. The molecule has 28 heavy (non-hydrogen) atoms. The Balaban J connectivity index is 1.65. The lowest BCUT2D eigenvalue weighted by Crippen LogP contribution is -2.47. The largest absolute Gasteiger partial charge is 0.370 e. The van der Waals surface area contributed by atoms with E-state index in [-0.39, 0.29) is 41.7 Å².